The summed E-state index contributed by atoms with van der Waals surface area (Å²) in [7, 11) is 0. The molecule has 4 rings (SSSR count). The molecule has 1 nitrogen and oxygen atoms in total. The molecule has 0 bridgehead atoms. The first-order valence-corrected chi connectivity index (χ1v) is 11.6. The predicted octanol–water partition coefficient (Wildman–Crippen LogP) is 8.21. The molecule has 0 heterocycles. The molecule has 0 aliphatic heterocycles. The number of hydrogen-bond donors (Lipinski definition) is 0. The minimum absolute atomic E-state index is 0.120. The van der Waals surface area contributed by atoms with Crippen molar-refractivity contribution in [2.24, 2.45) is 5.92 Å². The standard InChI is InChI=1S/C26H29F5O/c1-2-3-16-4-6-17(7-5-16)18-10-11-22(23(27)13-18)20-9-8-19-15-25(32-26(29,30)31)24(28)14-21(19)12-20/h10-11,13-17,20H,2-9,12H2,1H3. The molecule has 2 aliphatic rings. The third kappa shape index (κ3) is 5.26. The fraction of sp³-hybridized carbons (Fsp3) is 0.538. The van der Waals surface area contributed by atoms with Crippen LogP contribution in [0.5, 0.6) is 5.75 Å². The van der Waals surface area contributed by atoms with Crippen molar-refractivity contribution in [2.45, 2.75) is 82.9 Å². The Morgan fingerprint density at radius 3 is 2.28 bits per heavy atom. The van der Waals surface area contributed by atoms with Gasteiger partial charge in [-0.1, -0.05) is 31.9 Å². The highest BCUT2D eigenvalue weighted by molar-refractivity contribution is 5.41. The predicted molar refractivity (Wildman–Crippen MR) is 114 cm³/mol. The first-order chi connectivity index (χ1) is 15.2. The maximum Gasteiger partial charge on any atom is 0.573 e. The van der Waals surface area contributed by atoms with E-state index in [1.54, 1.807) is 6.07 Å². The topological polar surface area (TPSA) is 9.23 Å². The van der Waals surface area contributed by atoms with E-state index in [1.807, 2.05) is 12.1 Å². The molecular weight excluding hydrogens is 423 g/mol. The second-order valence-electron chi connectivity index (χ2n) is 9.33. The minimum Gasteiger partial charge on any atom is -0.403 e. The van der Waals surface area contributed by atoms with E-state index in [9.17, 15) is 17.6 Å². The zero-order valence-corrected chi connectivity index (χ0v) is 18.3. The number of alkyl halides is 3. The van der Waals surface area contributed by atoms with Crippen molar-refractivity contribution in [3.8, 4) is 5.75 Å². The summed E-state index contributed by atoms with van der Waals surface area (Å²) in [5.74, 6) is -1.00. The van der Waals surface area contributed by atoms with E-state index in [0.29, 0.717) is 41.9 Å². The SMILES string of the molecule is CCCC1CCC(c2ccc(C3CCc4cc(OC(F)(F)F)c(F)cc4C3)c(F)c2)CC1. The fourth-order valence-corrected chi connectivity index (χ4v) is 5.55. The molecule has 0 aromatic heterocycles. The molecule has 1 atom stereocenters. The van der Waals surface area contributed by atoms with Gasteiger partial charge in [-0.25, -0.2) is 8.78 Å². The van der Waals surface area contributed by atoms with Crippen LogP contribution in [-0.4, -0.2) is 6.36 Å². The third-order valence-corrected chi connectivity index (χ3v) is 7.19. The Morgan fingerprint density at radius 2 is 1.62 bits per heavy atom. The Bertz CT molecular complexity index is 944. The van der Waals surface area contributed by atoms with Gasteiger partial charge in [0.15, 0.2) is 11.6 Å². The molecule has 1 unspecified atom stereocenters. The molecule has 2 aromatic rings. The average Bonchev–Trinajstić information content (AvgIpc) is 2.74. The molecule has 0 amide bonds. The van der Waals surface area contributed by atoms with E-state index >= 15 is 4.39 Å². The number of fused-ring (bicyclic) bond motifs is 1. The van der Waals surface area contributed by atoms with Crippen LogP contribution in [-0.2, 0) is 12.8 Å². The summed E-state index contributed by atoms with van der Waals surface area (Å²) in [5.41, 5.74) is 2.90. The van der Waals surface area contributed by atoms with E-state index in [0.717, 1.165) is 36.5 Å². The Kier molecular flexibility index (Phi) is 6.78. The van der Waals surface area contributed by atoms with Gasteiger partial charge in [0.2, 0.25) is 0 Å². The first-order valence-electron chi connectivity index (χ1n) is 11.6. The Labute approximate surface area is 186 Å². The zero-order chi connectivity index (χ0) is 22.9. The minimum atomic E-state index is -4.94. The number of ether oxygens (including phenoxy) is 1. The third-order valence-electron chi connectivity index (χ3n) is 7.19. The van der Waals surface area contributed by atoms with E-state index in [4.69, 9.17) is 0 Å². The largest absolute Gasteiger partial charge is 0.573 e. The quantitative estimate of drug-likeness (QED) is 0.415. The number of rotatable bonds is 5. The van der Waals surface area contributed by atoms with Crippen LogP contribution in [0.3, 0.4) is 0 Å². The molecule has 0 N–H and O–H groups in total. The van der Waals surface area contributed by atoms with Crippen LogP contribution in [0.25, 0.3) is 0 Å². The highest BCUT2D eigenvalue weighted by Gasteiger charge is 2.33. The summed E-state index contributed by atoms with van der Waals surface area (Å²) in [6.45, 7) is 2.22. The van der Waals surface area contributed by atoms with Crippen LogP contribution < -0.4 is 4.74 Å². The van der Waals surface area contributed by atoms with Gasteiger partial charge in [-0.2, -0.15) is 0 Å². The van der Waals surface area contributed by atoms with Crippen LogP contribution in [0.4, 0.5) is 22.0 Å². The zero-order valence-electron chi connectivity index (χ0n) is 18.3. The molecule has 6 heteroatoms. The van der Waals surface area contributed by atoms with E-state index in [-0.39, 0.29) is 11.7 Å². The van der Waals surface area contributed by atoms with Crippen molar-refractivity contribution in [3.05, 3.63) is 64.2 Å². The second-order valence-corrected chi connectivity index (χ2v) is 9.33. The lowest BCUT2D eigenvalue weighted by Gasteiger charge is -2.29. The Morgan fingerprint density at radius 1 is 0.875 bits per heavy atom. The van der Waals surface area contributed by atoms with Crippen molar-refractivity contribution >= 4 is 0 Å². The molecule has 1 fully saturated rings. The van der Waals surface area contributed by atoms with Gasteiger partial charge in [-0.15, -0.1) is 13.2 Å². The fourth-order valence-electron chi connectivity index (χ4n) is 5.55. The summed E-state index contributed by atoms with van der Waals surface area (Å²) >= 11 is 0. The molecule has 0 saturated heterocycles. The lowest BCUT2D eigenvalue weighted by molar-refractivity contribution is -0.275. The molecule has 0 radical (unpaired) electrons. The lowest BCUT2D eigenvalue weighted by Crippen LogP contribution is -2.20. The van der Waals surface area contributed by atoms with Crippen LogP contribution >= 0.6 is 0 Å². The van der Waals surface area contributed by atoms with Crippen molar-refractivity contribution < 1.29 is 26.7 Å². The second kappa shape index (κ2) is 9.40. The van der Waals surface area contributed by atoms with Gasteiger partial charge in [0.1, 0.15) is 5.82 Å². The molecule has 2 aliphatic carbocycles. The molecule has 0 spiro atoms. The summed E-state index contributed by atoms with van der Waals surface area (Å²) in [6.07, 6.45) is 3.60. The van der Waals surface area contributed by atoms with Crippen molar-refractivity contribution in [1.82, 2.24) is 0 Å². The number of hydrogen-bond acceptors (Lipinski definition) is 1. The number of halogens is 5. The van der Waals surface area contributed by atoms with Crippen LogP contribution in [0.1, 0.15) is 86.0 Å². The smallest absolute Gasteiger partial charge is 0.403 e. The van der Waals surface area contributed by atoms with Gasteiger partial charge in [-0.3, -0.25) is 0 Å². The number of benzene rings is 2. The van der Waals surface area contributed by atoms with E-state index in [1.165, 1.54) is 25.7 Å². The Hall–Kier alpha value is -2.11. The molecule has 32 heavy (non-hydrogen) atoms. The van der Waals surface area contributed by atoms with Gasteiger partial charge in [-0.05, 0) is 103 Å². The van der Waals surface area contributed by atoms with Crippen LogP contribution in [0, 0.1) is 17.6 Å². The normalized spacial score (nSPS) is 23.6. The maximum absolute atomic E-state index is 15.1. The Balaban J connectivity index is 1.46. The summed E-state index contributed by atoms with van der Waals surface area (Å²) in [5, 5.41) is 0. The summed E-state index contributed by atoms with van der Waals surface area (Å²) in [4.78, 5) is 0. The molecule has 1 saturated carbocycles. The van der Waals surface area contributed by atoms with E-state index < -0.39 is 17.9 Å². The molecule has 2 aromatic carbocycles. The summed E-state index contributed by atoms with van der Waals surface area (Å²) < 4.78 is 70.4. The maximum atomic E-state index is 15.1. The highest BCUT2D eigenvalue weighted by atomic mass is 19.4. The van der Waals surface area contributed by atoms with Gasteiger partial charge < -0.3 is 4.74 Å². The van der Waals surface area contributed by atoms with Crippen LogP contribution in [0.2, 0.25) is 0 Å². The van der Waals surface area contributed by atoms with Gasteiger partial charge in [0, 0.05) is 0 Å². The lowest BCUT2D eigenvalue weighted by atomic mass is 9.76. The van der Waals surface area contributed by atoms with Crippen molar-refractivity contribution in [2.75, 3.05) is 0 Å². The number of aryl methyl sites for hydroxylation is 1. The van der Waals surface area contributed by atoms with Gasteiger partial charge in [0.05, 0.1) is 0 Å². The average molecular weight is 453 g/mol. The van der Waals surface area contributed by atoms with E-state index in [2.05, 4.69) is 11.7 Å². The first kappa shape index (κ1) is 23.1. The van der Waals surface area contributed by atoms with Gasteiger partial charge in [0.25, 0.3) is 0 Å². The molecule has 174 valence electrons. The van der Waals surface area contributed by atoms with Gasteiger partial charge >= 0.3 is 6.36 Å². The molecular formula is C26H29F5O. The summed E-state index contributed by atoms with van der Waals surface area (Å²) in [6, 6.07) is 7.78. The van der Waals surface area contributed by atoms with Crippen molar-refractivity contribution in [1.29, 1.82) is 0 Å². The highest BCUT2D eigenvalue weighted by Crippen LogP contribution is 2.40. The monoisotopic (exact) mass is 452 g/mol. The van der Waals surface area contributed by atoms with Crippen molar-refractivity contribution in [3.63, 3.8) is 0 Å². The van der Waals surface area contributed by atoms with Crippen LogP contribution in [0.15, 0.2) is 30.3 Å².